The van der Waals surface area contributed by atoms with Gasteiger partial charge in [-0.15, -0.1) is 0 Å². The molecule has 2 aliphatic rings. The van der Waals surface area contributed by atoms with E-state index in [0.717, 1.165) is 37.6 Å². The summed E-state index contributed by atoms with van der Waals surface area (Å²) in [6.45, 7) is 4.30. The summed E-state index contributed by atoms with van der Waals surface area (Å²) in [5, 5.41) is 11.1. The van der Waals surface area contributed by atoms with E-state index in [9.17, 15) is 0 Å². The minimum absolute atomic E-state index is 0.280. The third-order valence-electron chi connectivity index (χ3n) is 4.03. The highest BCUT2D eigenvalue weighted by molar-refractivity contribution is 5.01. The number of piperidine rings is 2. The normalized spacial score (nSPS) is 33.5. The van der Waals surface area contributed by atoms with E-state index in [1.807, 2.05) is 0 Å². The average Bonchev–Trinajstić information content (AvgIpc) is 2.89. The summed E-state index contributed by atoms with van der Waals surface area (Å²) < 4.78 is 5.45. The number of rotatable bonds is 2. The molecule has 2 unspecified atom stereocenters. The molecular weight excluding hydrogens is 228 g/mol. The van der Waals surface area contributed by atoms with Crippen LogP contribution in [0.2, 0.25) is 0 Å². The largest absolute Gasteiger partial charge is 0.339 e. The molecule has 5 heteroatoms. The SMILES string of the molecule is CC1CCCC(c2noc([C@H]3CCCNC3)n2)N1. The molecule has 1 aromatic heterocycles. The number of hydrogen-bond donors (Lipinski definition) is 2. The molecule has 3 heterocycles. The molecule has 0 spiro atoms. The predicted molar refractivity (Wildman–Crippen MR) is 68.3 cm³/mol. The van der Waals surface area contributed by atoms with Gasteiger partial charge in [-0.2, -0.15) is 4.98 Å². The lowest BCUT2D eigenvalue weighted by atomic mass is 9.98. The number of nitrogens with zero attached hydrogens (tertiary/aromatic N) is 2. The minimum atomic E-state index is 0.280. The number of nitrogens with one attached hydrogen (secondary N) is 2. The second-order valence-electron chi connectivity index (χ2n) is 5.59. The summed E-state index contributed by atoms with van der Waals surface area (Å²) in [6.07, 6.45) is 5.96. The first kappa shape index (κ1) is 12.1. The summed E-state index contributed by atoms with van der Waals surface area (Å²) in [5.41, 5.74) is 0. The fourth-order valence-corrected chi connectivity index (χ4v) is 2.96. The van der Waals surface area contributed by atoms with Crippen LogP contribution in [-0.2, 0) is 0 Å². The summed E-state index contributed by atoms with van der Waals surface area (Å²) in [5.74, 6) is 2.07. The Balaban J connectivity index is 1.68. The van der Waals surface area contributed by atoms with Gasteiger partial charge >= 0.3 is 0 Å². The monoisotopic (exact) mass is 250 g/mol. The van der Waals surface area contributed by atoms with Crippen molar-refractivity contribution in [2.45, 2.75) is 57.0 Å². The van der Waals surface area contributed by atoms with Crippen molar-refractivity contribution in [1.82, 2.24) is 20.8 Å². The maximum absolute atomic E-state index is 5.45. The molecule has 0 saturated carbocycles. The second-order valence-corrected chi connectivity index (χ2v) is 5.59. The first-order valence-corrected chi connectivity index (χ1v) is 7.13. The summed E-state index contributed by atoms with van der Waals surface area (Å²) >= 11 is 0. The quantitative estimate of drug-likeness (QED) is 0.837. The van der Waals surface area contributed by atoms with Crippen molar-refractivity contribution in [3.05, 3.63) is 11.7 Å². The van der Waals surface area contributed by atoms with Crippen LogP contribution in [0.25, 0.3) is 0 Å². The van der Waals surface area contributed by atoms with Gasteiger partial charge in [0.15, 0.2) is 5.82 Å². The van der Waals surface area contributed by atoms with Crippen LogP contribution < -0.4 is 10.6 Å². The van der Waals surface area contributed by atoms with Gasteiger partial charge in [0, 0.05) is 12.6 Å². The average molecular weight is 250 g/mol. The Bertz CT molecular complexity index is 386. The Labute approximate surface area is 108 Å². The van der Waals surface area contributed by atoms with E-state index in [-0.39, 0.29) is 6.04 Å². The van der Waals surface area contributed by atoms with Crippen LogP contribution in [0, 0.1) is 0 Å². The van der Waals surface area contributed by atoms with Gasteiger partial charge in [0.05, 0.1) is 12.0 Å². The molecule has 0 radical (unpaired) electrons. The van der Waals surface area contributed by atoms with Crippen molar-refractivity contribution in [1.29, 1.82) is 0 Å². The molecule has 0 aliphatic carbocycles. The van der Waals surface area contributed by atoms with E-state index < -0.39 is 0 Å². The zero-order valence-electron chi connectivity index (χ0n) is 11.0. The summed E-state index contributed by atoms with van der Waals surface area (Å²) in [4.78, 5) is 4.61. The van der Waals surface area contributed by atoms with Crippen LogP contribution in [-0.4, -0.2) is 29.3 Å². The van der Waals surface area contributed by atoms with Crippen LogP contribution in [0.5, 0.6) is 0 Å². The Morgan fingerprint density at radius 1 is 1.22 bits per heavy atom. The first-order chi connectivity index (χ1) is 8.83. The van der Waals surface area contributed by atoms with Crippen LogP contribution >= 0.6 is 0 Å². The molecule has 0 aromatic carbocycles. The van der Waals surface area contributed by atoms with Gasteiger partial charge in [0.2, 0.25) is 5.89 Å². The van der Waals surface area contributed by atoms with Crippen molar-refractivity contribution in [2.75, 3.05) is 13.1 Å². The highest BCUT2D eigenvalue weighted by atomic mass is 16.5. The molecule has 2 fully saturated rings. The molecule has 2 saturated heterocycles. The molecule has 2 aliphatic heterocycles. The fraction of sp³-hybridized carbons (Fsp3) is 0.846. The van der Waals surface area contributed by atoms with Crippen molar-refractivity contribution >= 4 is 0 Å². The third kappa shape index (κ3) is 2.57. The first-order valence-electron chi connectivity index (χ1n) is 7.13. The van der Waals surface area contributed by atoms with Gasteiger partial charge in [0.25, 0.3) is 0 Å². The van der Waals surface area contributed by atoms with Crippen molar-refractivity contribution in [2.24, 2.45) is 0 Å². The lowest BCUT2D eigenvalue weighted by molar-refractivity contribution is 0.302. The maximum atomic E-state index is 5.45. The third-order valence-corrected chi connectivity index (χ3v) is 4.03. The summed E-state index contributed by atoms with van der Waals surface area (Å²) in [6, 6.07) is 0.838. The van der Waals surface area contributed by atoms with Crippen molar-refractivity contribution in [3.8, 4) is 0 Å². The van der Waals surface area contributed by atoms with E-state index in [0.29, 0.717) is 12.0 Å². The molecule has 3 rings (SSSR count). The zero-order chi connectivity index (χ0) is 12.4. The van der Waals surface area contributed by atoms with E-state index in [2.05, 4.69) is 27.7 Å². The van der Waals surface area contributed by atoms with Crippen molar-refractivity contribution < 1.29 is 4.52 Å². The molecule has 18 heavy (non-hydrogen) atoms. The standard InChI is InChI=1S/C13H22N4O/c1-9-4-2-6-11(15-9)12-16-13(18-17-12)10-5-3-7-14-8-10/h9-11,14-15H,2-8H2,1H3/t9?,10-,11?/m0/s1. The lowest BCUT2D eigenvalue weighted by Crippen LogP contribution is -2.35. The van der Waals surface area contributed by atoms with Crippen LogP contribution in [0.15, 0.2) is 4.52 Å². The number of aromatic nitrogens is 2. The van der Waals surface area contributed by atoms with Crippen LogP contribution in [0.1, 0.15) is 62.7 Å². The van der Waals surface area contributed by atoms with Gasteiger partial charge in [-0.1, -0.05) is 5.16 Å². The van der Waals surface area contributed by atoms with Gasteiger partial charge in [-0.3, -0.25) is 0 Å². The lowest BCUT2D eigenvalue weighted by Gasteiger charge is -2.26. The van der Waals surface area contributed by atoms with Crippen LogP contribution in [0.4, 0.5) is 0 Å². The van der Waals surface area contributed by atoms with Crippen molar-refractivity contribution in [3.63, 3.8) is 0 Å². The highest BCUT2D eigenvalue weighted by Crippen LogP contribution is 2.26. The molecule has 2 N–H and O–H groups in total. The van der Waals surface area contributed by atoms with E-state index in [1.165, 1.54) is 19.3 Å². The molecule has 3 atom stereocenters. The molecule has 100 valence electrons. The Hall–Kier alpha value is -0.940. The molecule has 5 nitrogen and oxygen atoms in total. The Morgan fingerprint density at radius 3 is 2.94 bits per heavy atom. The minimum Gasteiger partial charge on any atom is -0.339 e. The van der Waals surface area contributed by atoms with Crippen LogP contribution in [0.3, 0.4) is 0 Å². The molecule has 0 bridgehead atoms. The molecule has 1 aromatic rings. The highest BCUT2D eigenvalue weighted by Gasteiger charge is 2.26. The van der Waals surface area contributed by atoms with E-state index in [1.54, 1.807) is 0 Å². The number of hydrogen-bond acceptors (Lipinski definition) is 5. The van der Waals surface area contributed by atoms with Gasteiger partial charge < -0.3 is 15.2 Å². The molecular formula is C13H22N4O. The van der Waals surface area contributed by atoms with Gasteiger partial charge in [-0.05, 0) is 45.6 Å². The molecule has 0 amide bonds. The maximum Gasteiger partial charge on any atom is 0.231 e. The summed E-state index contributed by atoms with van der Waals surface area (Å²) in [7, 11) is 0. The Morgan fingerprint density at radius 2 is 2.17 bits per heavy atom. The smallest absolute Gasteiger partial charge is 0.231 e. The zero-order valence-corrected chi connectivity index (χ0v) is 11.0. The second kappa shape index (κ2) is 5.36. The van der Waals surface area contributed by atoms with Gasteiger partial charge in [0.1, 0.15) is 0 Å². The topological polar surface area (TPSA) is 63.0 Å². The van der Waals surface area contributed by atoms with E-state index >= 15 is 0 Å². The van der Waals surface area contributed by atoms with Gasteiger partial charge in [-0.25, -0.2) is 0 Å². The van der Waals surface area contributed by atoms with E-state index in [4.69, 9.17) is 4.52 Å². The predicted octanol–water partition coefficient (Wildman–Crippen LogP) is 1.74. The fourth-order valence-electron chi connectivity index (χ4n) is 2.96. The Kier molecular flexibility index (Phi) is 3.61.